The van der Waals surface area contributed by atoms with Crippen molar-refractivity contribution in [1.82, 2.24) is 42.5 Å². The highest BCUT2D eigenvalue weighted by Crippen LogP contribution is 2.35. The third-order valence-electron chi connectivity index (χ3n) is 10.6. The number of carbonyl (C=O) groups excluding carboxylic acids is 6. The van der Waals surface area contributed by atoms with Gasteiger partial charge >= 0.3 is 11.9 Å². The summed E-state index contributed by atoms with van der Waals surface area (Å²) in [4.78, 5) is 97.7. The number of carboxylic acid groups (broad SMARTS) is 2. The topological polar surface area (TPSA) is 273 Å². The van der Waals surface area contributed by atoms with Gasteiger partial charge in [-0.3, -0.25) is 33.6 Å². The van der Waals surface area contributed by atoms with E-state index in [2.05, 4.69) is 68.5 Å². The summed E-state index contributed by atoms with van der Waals surface area (Å²) in [6.45, 7) is 8.51. The Hall–Kier alpha value is -5.10. The molecule has 0 bridgehead atoms. The first-order chi connectivity index (χ1) is 29.1. The molecule has 0 saturated heterocycles. The van der Waals surface area contributed by atoms with Gasteiger partial charge in [0.25, 0.3) is 0 Å². The van der Waals surface area contributed by atoms with Crippen LogP contribution in [0, 0.1) is 11.8 Å². The predicted octanol–water partition coefficient (Wildman–Crippen LogP) is 1.68. The monoisotopic (exact) mass is 859 g/mol. The quantitative estimate of drug-likeness (QED) is 0.0365. The number of aliphatic carboxylic acids is 2. The molecule has 5 unspecified atom stereocenters. The minimum absolute atomic E-state index is 0.0492. The first-order valence-corrected chi connectivity index (χ1v) is 21.7. The summed E-state index contributed by atoms with van der Waals surface area (Å²) >= 11 is 0. The Labute approximate surface area is 359 Å². The van der Waals surface area contributed by atoms with Gasteiger partial charge in [-0.05, 0) is 95.2 Å². The molecule has 18 nitrogen and oxygen atoms in total. The lowest BCUT2D eigenvalue weighted by Gasteiger charge is -2.29. The molecule has 0 spiro atoms. The van der Waals surface area contributed by atoms with Crippen molar-refractivity contribution in [2.45, 2.75) is 136 Å². The van der Waals surface area contributed by atoms with Crippen molar-refractivity contribution >= 4 is 47.4 Å². The van der Waals surface area contributed by atoms with Crippen LogP contribution in [0.5, 0.6) is 0 Å². The molecular weight excluding hydrogens is 789 g/mol. The van der Waals surface area contributed by atoms with Gasteiger partial charge in [-0.25, -0.2) is 4.79 Å². The number of hydrogen-bond donors (Lipinski definition) is 10. The lowest BCUT2D eigenvalue weighted by atomic mass is 9.80. The number of rotatable bonds is 30. The average molecular weight is 859 g/mol. The summed E-state index contributed by atoms with van der Waals surface area (Å²) in [6.07, 6.45) is 13.4. The van der Waals surface area contributed by atoms with Crippen LogP contribution in [0.4, 0.5) is 0 Å². The molecule has 2 rings (SSSR count). The maximum Gasteiger partial charge on any atom is 0.326 e. The molecule has 2 aliphatic carbocycles. The van der Waals surface area contributed by atoms with E-state index >= 15 is 0 Å². The molecule has 10 N–H and O–H groups in total. The van der Waals surface area contributed by atoms with Gasteiger partial charge in [-0.2, -0.15) is 0 Å². The van der Waals surface area contributed by atoms with Crippen LogP contribution in [0.3, 0.4) is 0 Å². The third kappa shape index (κ3) is 22.9. The number of amides is 6. The highest BCUT2D eigenvalue weighted by Gasteiger charge is 2.29. The lowest BCUT2D eigenvalue weighted by molar-refractivity contribution is -0.142. The molecule has 2 aliphatic rings. The molecule has 0 radical (unpaired) electrons. The molecular formula is C43H70N8O10. The smallest absolute Gasteiger partial charge is 0.326 e. The van der Waals surface area contributed by atoms with E-state index in [1.165, 1.54) is 19.4 Å². The van der Waals surface area contributed by atoms with E-state index in [0.29, 0.717) is 31.2 Å². The van der Waals surface area contributed by atoms with Gasteiger partial charge in [0.15, 0.2) is 0 Å². The molecule has 6 amide bonds. The summed E-state index contributed by atoms with van der Waals surface area (Å²) in [6, 6.07) is -3.08. The van der Waals surface area contributed by atoms with E-state index in [4.69, 9.17) is 5.11 Å². The van der Waals surface area contributed by atoms with Crippen molar-refractivity contribution in [1.29, 1.82) is 0 Å². The third-order valence-corrected chi connectivity index (χ3v) is 10.6. The van der Waals surface area contributed by atoms with Crippen molar-refractivity contribution in [3.63, 3.8) is 0 Å². The molecule has 61 heavy (non-hydrogen) atoms. The molecule has 342 valence electrons. The Balaban J connectivity index is 2.20. The molecule has 5 atom stereocenters. The Kier molecular flexibility index (Phi) is 24.9. The number of nitrogens with one attached hydrogen (secondary N) is 8. The van der Waals surface area contributed by atoms with Crippen LogP contribution in [-0.4, -0.2) is 115 Å². The summed E-state index contributed by atoms with van der Waals surface area (Å²) in [5, 5.41) is 41.3. The maximum atomic E-state index is 14.0. The summed E-state index contributed by atoms with van der Waals surface area (Å²) < 4.78 is 0. The second kappa shape index (κ2) is 29.2. The minimum atomic E-state index is -1.33. The SMILES string of the molecule is CCCCC(C)CNCCC(NCCNC(=O)CNC(C)=O)C(=O)NC(CC1=CCC(C2=CC=C(NC(C)=O)CC2)CC1)C(=O)NCCC(NC(=O)CCCC(=O)O)C(=O)O. The van der Waals surface area contributed by atoms with Crippen LogP contribution >= 0.6 is 0 Å². The number of allylic oxidation sites excluding steroid dienone is 5. The zero-order valence-corrected chi connectivity index (χ0v) is 36.4. The number of hydrogen-bond acceptors (Lipinski definition) is 10. The standard InChI is InChI=1S/C43H70N8O10/c1-5-6-8-28(2)26-44-21-19-35(45-23-24-46-39(55)27-48-29(3)52)42(59)51-37(41(58)47-22-20-36(43(60)61)50-38(54)9-7-10-40(56)57)25-31-11-13-32(14-12-31)33-15-17-34(18-16-33)49-30(4)53/h11,15,17,28,32,35-37,44-45H,5-10,12-14,16,18-27H2,1-4H3,(H,46,55)(H,47,58)(H,48,52)(H,49,53)(H,50,54)(H,51,59)(H,56,57)(H,60,61). The molecule has 0 saturated carbocycles. The van der Waals surface area contributed by atoms with Gasteiger partial charge in [0, 0.05) is 52.0 Å². The maximum absolute atomic E-state index is 14.0. The number of unbranched alkanes of at least 4 members (excludes halogenated alkanes) is 1. The van der Waals surface area contributed by atoms with Crippen molar-refractivity contribution in [3.8, 4) is 0 Å². The zero-order valence-electron chi connectivity index (χ0n) is 36.4. The van der Waals surface area contributed by atoms with E-state index in [9.17, 15) is 43.5 Å². The fourth-order valence-corrected chi connectivity index (χ4v) is 7.16. The van der Waals surface area contributed by atoms with E-state index in [1.54, 1.807) is 0 Å². The summed E-state index contributed by atoms with van der Waals surface area (Å²) in [7, 11) is 0. The summed E-state index contributed by atoms with van der Waals surface area (Å²) in [5.41, 5.74) is 3.17. The Morgan fingerprint density at radius 1 is 0.738 bits per heavy atom. The van der Waals surface area contributed by atoms with E-state index in [-0.39, 0.29) is 76.0 Å². The number of carbonyl (C=O) groups is 8. The first kappa shape index (κ1) is 52.0. The van der Waals surface area contributed by atoms with Crippen molar-refractivity contribution < 1.29 is 48.6 Å². The van der Waals surface area contributed by atoms with Crippen LogP contribution in [0.25, 0.3) is 0 Å². The van der Waals surface area contributed by atoms with Gasteiger partial charge in [0.2, 0.25) is 35.4 Å². The zero-order chi connectivity index (χ0) is 45.2. The Bertz CT molecular complexity index is 1600. The van der Waals surface area contributed by atoms with E-state index < -0.39 is 47.8 Å². The van der Waals surface area contributed by atoms with E-state index in [0.717, 1.165) is 62.8 Å². The highest BCUT2D eigenvalue weighted by molar-refractivity contribution is 5.90. The molecule has 0 fully saturated rings. The Morgan fingerprint density at radius 2 is 1.49 bits per heavy atom. The van der Waals surface area contributed by atoms with Crippen molar-refractivity contribution in [2.24, 2.45) is 11.8 Å². The van der Waals surface area contributed by atoms with Gasteiger partial charge < -0.3 is 52.7 Å². The Morgan fingerprint density at radius 3 is 2.11 bits per heavy atom. The van der Waals surface area contributed by atoms with Crippen LogP contribution in [-0.2, 0) is 38.4 Å². The molecule has 0 heterocycles. The van der Waals surface area contributed by atoms with Crippen LogP contribution in [0.2, 0.25) is 0 Å². The van der Waals surface area contributed by atoms with E-state index in [1.807, 2.05) is 6.08 Å². The second-order valence-corrected chi connectivity index (χ2v) is 16.0. The minimum Gasteiger partial charge on any atom is -0.481 e. The second-order valence-electron chi connectivity index (χ2n) is 16.0. The molecule has 0 aromatic heterocycles. The van der Waals surface area contributed by atoms with Gasteiger partial charge in [0.1, 0.15) is 12.1 Å². The molecule has 0 aliphatic heterocycles. The van der Waals surface area contributed by atoms with Crippen LogP contribution in [0.1, 0.15) is 118 Å². The molecule has 0 aromatic carbocycles. The average Bonchev–Trinajstić information content (AvgIpc) is 3.20. The first-order valence-electron chi connectivity index (χ1n) is 21.7. The molecule has 18 heteroatoms. The highest BCUT2D eigenvalue weighted by atomic mass is 16.4. The largest absolute Gasteiger partial charge is 0.481 e. The van der Waals surface area contributed by atoms with Crippen LogP contribution in [0.15, 0.2) is 35.1 Å². The van der Waals surface area contributed by atoms with Crippen molar-refractivity contribution in [2.75, 3.05) is 39.3 Å². The summed E-state index contributed by atoms with van der Waals surface area (Å²) in [5.74, 6) is -4.00. The van der Waals surface area contributed by atoms with Gasteiger partial charge in [0.05, 0.1) is 12.6 Å². The van der Waals surface area contributed by atoms with Gasteiger partial charge in [-0.15, -0.1) is 0 Å². The molecule has 0 aromatic rings. The number of carboxylic acids is 2. The predicted molar refractivity (Wildman–Crippen MR) is 230 cm³/mol. The van der Waals surface area contributed by atoms with Gasteiger partial charge in [-0.1, -0.05) is 50.0 Å². The van der Waals surface area contributed by atoms with Crippen molar-refractivity contribution in [3.05, 3.63) is 35.1 Å². The van der Waals surface area contributed by atoms with Crippen LogP contribution < -0.4 is 42.5 Å². The lowest BCUT2D eigenvalue weighted by Crippen LogP contribution is -2.54. The normalized spacial score (nSPS) is 16.9. The fraction of sp³-hybridized carbons (Fsp3) is 0.674. The fourth-order valence-electron chi connectivity index (χ4n) is 7.16.